The highest BCUT2D eigenvalue weighted by Gasteiger charge is 2.37. The van der Waals surface area contributed by atoms with E-state index in [1.807, 2.05) is 43.3 Å². The molecule has 0 radical (unpaired) electrons. The maximum atomic E-state index is 13.2. The van der Waals surface area contributed by atoms with E-state index in [1.165, 1.54) is 4.57 Å². The number of aromatic nitrogens is 2. The summed E-state index contributed by atoms with van der Waals surface area (Å²) in [4.78, 5) is 20.2. The van der Waals surface area contributed by atoms with Crippen molar-refractivity contribution in [3.8, 4) is 11.8 Å². The van der Waals surface area contributed by atoms with Crippen molar-refractivity contribution in [1.82, 2.24) is 9.55 Å². The third-order valence-corrected chi connectivity index (χ3v) is 7.61. The Morgan fingerprint density at radius 3 is 2.64 bits per heavy atom. The maximum absolute atomic E-state index is 13.2. The molecule has 4 aromatic rings. The molecule has 2 aromatic heterocycles. The first-order valence-corrected chi connectivity index (χ1v) is 12.3. The normalized spacial score (nSPS) is 17.8. The number of piperidine rings is 1. The van der Waals surface area contributed by atoms with Gasteiger partial charge in [0.1, 0.15) is 29.0 Å². The van der Waals surface area contributed by atoms with Crippen LogP contribution in [0.5, 0.6) is 5.75 Å². The minimum absolute atomic E-state index is 0.0351. The molecule has 0 spiro atoms. The van der Waals surface area contributed by atoms with E-state index in [-0.39, 0.29) is 22.6 Å². The van der Waals surface area contributed by atoms with Gasteiger partial charge in [0.2, 0.25) is 5.89 Å². The number of hydrogen-bond donors (Lipinski definition) is 0. The van der Waals surface area contributed by atoms with E-state index in [0.29, 0.717) is 37.7 Å². The molecule has 2 aliphatic heterocycles. The number of hydrogen-bond acceptors (Lipinski definition) is 7. The lowest BCUT2D eigenvalue weighted by Gasteiger charge is -2.39. The fourth-order valence-electron chi connectivity index (χ4n) is 5.21. The fraction of sp³-hybridized carbons (Fsp3) is 0.393. The highest BCUT2D eigenvalue weighted by atomic mass is 16.6. The van der Waals surface area contributed by atoms with Gasteiger partial charge in [0, 0.05) is 37.0 Å². The second kappa shape index (κ2) is 8.38. The van der Waals surface area contributed by atoms with E-state index < -0.39 is 0 Å². The molecule has 0 unspecified atom stereocenters. The molecule has 2 fully saturated rings. The van der Waals surface area contributed by atoms with Crippen LogP contribution in [-0.2, 0) is 17.2 Å². The molecule has 0 amide bonds. The van der Waals surface area contributed by atoms with E-state index in [0.717, 1.165) is 46.3 Å². The lowest BCUT2D eigenvalue weighted by Crippen LogP contribution is -2.42. The maximum Gasteiger partial charge on any atom is 0.270 e. The predicted octanol–water partition coefficient (Wildman–Crippen LogP) is 4.20. The lowest BCUT2D eigenvalue weighted by atomic mass is 9.80. The van der Waals surface area contributed by atoms with E-state index in [9.17, 15) is 10.1 Å². The average molecular weight is 485 g/mol. The summed E-state index contributed by atoms with van der Waals surface area (Å²) in [6, 6.07) is 14.0. The quantitative estimate of drug-likeness (QED) is 0.429. The van der Waals surface area contributed by atoms with Crippen LogP contribution in [0.1, 0.15) is 36.8 Å². The third-order valence-electron chi connectivity index (χ3n) is 7.61. The Bertz CT molecular complexity index is 1580. The Labute approximate surface area is 208 Å². The van der Waals surface area contributed by atoms with Crippen molar-refractivity contribution >= 4 is 27.7 Å². The van der Waals surface area contributed by atoms with E-state index in [2.05, 4.69) is 17.9 Å². The summed E-state index contributed by atoms with van der Waals surface area (Å²) in [5, 5.41) is 10.8. The SMILES string of the molecule is Cc1ccc2oc(C3(C)CCN(c4c(C#N)c(=O)n(C)c5cc(OC6COC6)ccc45)CC3)nc2c1. The van der Waals surface area contributed by atoms with Gasteiger partial charge in [0.25, 0.3) is 5.56 Å². The molecule has 0 atom stereocenters. The second-order valence-corrected chi connectivity index (χ2v) is 10.2. The fourth-order valence-corrected chi connectivity index (χ4v) is 5.21. The topological polar surface area (TPSA) is 93.5 Å². The molecule has 0 aliphatic carbocycles. The summed E-state index contributed by atoms with van der Waals surface area (Å²) in [6.07, 6.45) is 1.62. The number of rotatable bonds is 4. The molecule has 36 heavy (non-hydrogen) atoms. The Morgan fingerprint density at radius 2 is 1.94 bits per heavy atom. The number of nitriles is 1. The van der Waals surface area contributed by atoms with Crippen LogP contribution in [0.4, 0.5) is 5.69 Å². The molecule has 2 aliphatic rings. The Kier molecular flexibility index (Phi) is 5.27. The van der Waals surface area contributed by atoms with Crippen molar-refractivity contribution in [2.45, 2.75) is 38.2 Å². The molecule has 0 saturated carbocycles. The Hall–Kier alpha value is -3.83. The van der Waals surface area contributed by atoms with Crippen molar-refractivity contribution in [2.24, 2.45) is 7.05 Å². The first kappa shape index (κ1) is 22.6. The van der Waals surface area contributed by atoms with Crippen LogP contribution in [0.2, 0.25) is 0 Å². The zero-order valence-corrected chi connectivity index (χ0v) is 20.7. The summed E-state index contributed by atoms with van der Waals surface area (Å²) < 4.78 is 18.9. The van der Waals surface area contributed by atoms with Gasteiger partial charge in [0.15, 0.2) is 5.58 Å². The molecule has 8 heteroatoms. The zero-order valence-electron chi connectivity index (χ0n) is 20.7. The van der Waals surface area contributed by atoms with Gasteiger partial charge in [-0.2, -0.15) is 5.26 Å². The number of oxazole rings is 1. The molecular formula is C28H28N4O4. The summed E-state index contributed by atoms with van der Waals surface area (Å²) >= 11 is 0. The van der Waals surface area contributed by atoms with Crippen LogP contribution in [0.3, 0.4) is 0 Å². The van der Waals surface area contributed by atoms with Crippen LogP contribution in [-0.4, -0.2) is 42.0 Å². The number of pyridine rings is 1. The largest absolute Gasteiger partial charge is 0.486 e. The summed E-state index contributed by atoms with van der Waals surface area (Å²) in [7, 11) is 1.70. The Morgan fingerprint density at radius 1 is 1.17 bits per heavy atom. The molecule has 4 heterocycles. The lowest BCUT2D eigenvalue weighted by molar-refractivity contribution is -0.0796. The number of nitrogens with zero attached hydrogens (tertiary/aromatic N) is 4. The molecule has 0 bridgehead atoms. The standard InChI is InChI=1S/C28H28N4O4/c1-17-4-7-24-22(12-17)30-27(36-24)28(2)8-10-32(11-9-28)25-20-6-5-18(35-19-15-34-16-19)13-23(20)31(3)26(33)21(25)14-29/h4-7,12-13,19H,8-11,15-16H2,1-3H3. The highest BCUT2D eigenvalue weighted by Crippen LogP contribution is 2.40. The first-order chi connectivity index (χ1) is 17.4. The molecule has 0 N–H and O–H groups in total. The summed E-state index contributed by atoms with van der Waals surface area (Å²) in [6.45, 7) is 6.74. The van der Waals surface area contributed by atoms with Gasteiger partial charge < -0.3 is 23.4 Å². The third kappa shape index (κ3) is 3.62. The number of ether oxygens (including phenoxy) is 2. The number of anilines is 1. The smallest absolute Gasteiger partial charge is 0.270 e. The van der Waals surface area contributed by atoms with Gasteiger partial charge in [-0.25, -0.2) is 4.98 Å². The van der Waals surface area contributed by atoms with Crippen molar-refractivity contribution in [1.29, 1.82) is 5.26 Å². The van der Waals surface area contributed by atoms with Gasteiger partial charge in [-0.1, -0.05) is 13.0 Å². The van der Waals surface area contributed by atoms with Crippen molar-refractivity contribution in [3.63, 3.8) is 0 Å². The molecule has 8 nitrogen and oxygen atoms in total. The minimum Gasteiger partial charge on any atom is -0.486 e. The van der Waals surface area contributed by atoms with E-state index in [1.54, 1.807) is 7.05 Å². The van der Waals surface area contributed by atoms with Gasteiger partial charge in [-0.3, -0.25) is 4.79 Å². The Balaban J connectivity index is 1.34. The molecular weight excluding hydrogens is 456 g/mol. The van der Waals surface area contributed by atoms with Crippen molar-refractivity contribution in [2.75, 3.05) is 31.2 Å². The van der Waals surface area contributed by atoms with Crippen LogP contribution in [0, 0.1) is 18.3 Å². The number of aryl methyl sites for hydroxylation is 2. The van der Waals surface area contributed by atoms with Crippen LogP contribution >= 0.6 is 0 Å². The van der Waals surface area contributed by atoms with Gasteiger partial charge in [-0.15, -0.1) is 0 Å². The predicted molar refractivity (Wildman–Crippen MR) is 137 cm³/mol. The number of fused-ring (bicyclic) bond motifs is 2. The van der Waals surface area contributed by atoms with Gasteiger partial charge in [0.05, 0.1) is 24.4 Å². The van der Waals surface area contributed by atoms with Crippen LogP contribution < -0.4 is 15.2 Å². The molecule has 184 valence electrons. The summed E-state index contributed by atoms with van der Waals surface area (Å²) in [5.74, 6) is 1.44. The molecule has 6 rings (SSSR count). The zero-order chi connectivity index (χ0) is 25.0. The van der Waals surface area contributed by atoms with Crippen LogP contribution in [0.25, 0.3) is 22.0 Å². The van der Waals surface area contributed by atoms with Crippen LogP contribution in [0.15, 0.2) is 45.6 Å². The van der Waals surface area contributed by atoms with E-state index >= 15 is 0 Å². The van der Waals surface area contributed by atoms with Gasteiger partial charge in [-0.05, 0) is 49.6 Å². The average Bonchev–Trinajstić information content (AvgIpc) is 3.28. The van der Waals surface area contributed by atoms with Gasteiger partial charge >= 0.3 is 0 Å². The highest BCUT2D eigenvalue weighted by molar-refractivity contribution is 5.95. The van der Waals surface area contributed by atoms with Crippen molar-refractivity contribution in [3.05, 3.63) is 63.8 Å². The molecule has 2 aromatic carbocycles. The number of benzene rings is 2. The summed E-state index contributed by atoms with van der Waals surface area (Å²) in [5.41, 5.74) is 3.92. The second-order valence-electron chi connectivity index (χ2n) is 10.2. The monoisotopic (exact) mass is 484 g/mol. The van der Waals surface area contributed by atoms with Crippen molar-refractivity contribution < 1.29 is 13.9 Å². The van der Waals surface area contributed by atoms with E-state index in [4.69, 9.17) is 18.9 Å². The first-order valence-electron chi connectivity index (χ1n) is 12.3. The molecule has 2 saturated heterocycles. The minimum atomic E-state index is -0.299.